The molecule has 0 bridgehead atoms. The van der Waals surface area contributed by atoms with Gasteiger partial charge in [-0.2, -0.15) is 0 Å². The molecule has 0 aliphatic carbocycles. The van der Waals surface area contributed by atoms with E-state index in [4.69, 9.17) is 17.7 Å². The van der Waals surface area contributed by atoms with Gasteiger partial charge in [-0.25, -0.2) is 0 Å². The van der Waals surface area contributed by atoms with Crippen molar-refractivity contribution in [3.8, 4) is 0 Å². The Morgan fingerprint density at radius 3 is 1.00 bits per heavy atom. The van der Waals surface area contributed by atoms with E-state index < -0.39 is 15.1 Å². The number of rotatable bonds is 3. The van der Waals surface area contributed by atoms with Crippen molar-refractivity contribution >= 4 is 43.3 Å². The van der Waals surface area contributed by atoms with Gasteiger partial charge in [0.2, 0.25) is 0 Å². The normalized spacial score (nSPS) is 13.3. The van der Waals surface area contributed by atoms with Crippen LogP contribution in [0.5, 0.6) is 0 Å². The van der Waals surface area contributed by atoms with E-state index in [0.717, 1.165) is 27.2 Å². The first-order chi connectivity index (χ1) is 11.4. The van der Waals surface area contributed by atoms with Crippen molar-refractivity contribution in [2.45, 2.75) is 20.8 Å². The van der Waals surface area contributed by atoms with Gasteiger partial charge in [0.05, 0.1) is 0 Å². The number of benzene rings is 3. The Balaban J connectivity index is 2.50. The maximum atomic E-state index is 7.65. The molecule has 0 spiro atoms. The van der Waals surface area contributed by atoms with E-state index in [1.165, 1.54) is 0 Å². The van der Waals surface area contributed by atoms with Gasteiger partial charge in [0.15, 0.2) is 0 Å². The van der Waals surface area contributed by atoms with E-state index in [1.807, 2.05) is 36.4 Å². The number of halogens is 2. The molecule has 0 atom stereocenters. The van der Waals surface area contributed by atoms with Gasteiger partial charge in [-0.05, 0) is 0 Å². The van der Waals surface area contributed by atoms with Crippen molar-refractivity contribution in [2.75, 3.05) is 0 Å². The van der Waals surface area contributed by atoms with Crippen molar-refractivity contribution in [1.82, 2.24) is 0 Å². The molecule has 3 aromatic carbocycles. The van der Waals surface area contributed by atoms with Crippen LogP contribution in [0.25, 0.3) is 0 Å². The Bertz CT molecular complexity index is 782. The van der Waals surface area contributed by atoms with Crippen LogP contribution in [0.1, 0.15) is 16.7 Å². The zero-order chi connectivity index (χ0) is 17.4. The molecule has 3 heteroatoms. The molecule has 0 radical (unpaired) electrons. The summed E-state index contributed by atoms with van der Waals surface area (Å²) >= 11 is -4.60. The molecule has 3 aromatic rings. The molecule has 0 saturated heterocycles. The zero-order valence-electron chi connectivity index (χ0n) is 14.1. The van der Waals surface area contributed by atoms with Crippen LogP contribution in [-0.4, -0.2) is 15.1 Å². The first kappa shape index (κ1) is 17.9. The summed E-state index contributed by atoms with van der Waals surface area (Å²) in [5.41, 5.74) is 3.45. The van der Waals surface area contributed by atoms with Crippen LogP contribution in [0, 0.1) is 20.8 Å². The maximum absolute atomic E-state index is 7.65. The molecular formula is C21H21Cl2Sb. The molecule has 0 amide bonds. The van der Waals surface area contributed by atoms with Crippen molar-refractivity contribution in [3.63, 3.8) is 0 Å². The van der Waals surface area contributed by atoms with Gasteiger partial charge in [0.1, 0.15) is 0 Å². The van der Waals surface area contributed by atoms with Gasteiger partial charge < -0.3 is 0 Å². The zero-order valence-corrected chi connectivity index (χ0v) is 18.2. The van der Waals surface area contributed by atoms with E-state index in [1.54, 1.807) is 0 Å². The van der Waals surface area contributed by atoms with Crippen LogP contribution in [0.4, 0.5) is 0 Å². The summed E-state index contributed by atoms with van der Waals surface area (Å²) in [6, 6.07) is 24.8. The van der Waals surface area contributed by atoms with Crippen LogP contribution >= 0.6 is 17.7 Å². The van der Waals surface area contributed by atoms with Gasteiger partial charge in [-0.3, -0.25) is 0 Å². The number of hydrogen-bond acceptors (Lipinski definition) is 0. The first-order valence-electron chi connectivity index (χ1n) is 7.99. The Labute approximate surface area is 152 Å². The van der Waals surface area contributed by atoms with Crippen molar-refractivity contribution in [1.29, 1.82) is 0 Å². The van der Waals surface area contributed by atoms with E-state index in [-0.39, 0.29) is 0 Å². The second kappa shape index (κ2) is 6.41. The molecular weight excluding hydrogens is 445 g/mol. The molecule has 0 N–H and O–H groups in total. The summed E-state index contributed by atoms with van der Waals surface area (Å²) < 4.78 is 3.28. The number of aryl methyl sites for hydroxylation is 3. The van der Waals surface area contributed by atoms with Crippen LogP contribution in [0.15, 0.2) is 72.8 Å². The standard InChI is InChI=1S/3C7H7.2ClH.Sb/c3*1-7-5-3-2-4-6-7;;;/h3*2-5H,1H3;2*1H;/q;;;;;+2/p-2. The monoisotopic (exact) mass is 464 g/mol. The van der Waals surface area contributed by atoms with Crippen LogP contribution in [-0.2, 0) is 0 Å². The third kappa shape index (κ3) is 2.70. The fourth-order valence-corrected chi connectivity index (χ4v) is 22.2. The topological polar surface area (TPSA) is 0 Å². The average Bonchev–Trinajstić information content (AvgIpc) is 2.56. The summed E-state index contributed by atoms with van der Waals surface area (Å²) in [5.74, 6) is 0. The van der Waals surface area contributed by atoms with E-state index in [9.17, 15) is 0 Å². The fraction of sp³-hybridized carbons (Fsp3) is 0.143. The summed E-state index contributed by atoms with van der Waals surface area (Å²) in [6.45, 7) is 6.30. The number of hydrogen-bond donors (Lipinski definition) is 0. The molecule has 124 valence electrons. The van der Waals surface area contributed by atoms with Crippen molar-refractivity contribution in [2.24, 2.45) is 0 Å². The van der Waals surface area contributed by atoms with Gasteiger partial charge >= 0.3 is 154 Å². The van der Waals surface area contributed by atoms with Crippen LogP contribution in [0.2, 0.25) is 0 Å². The van der Waals surface area contributed by atoms with Crippen LogP contribution in [0.3, 0.4) is 0 Å². The molecule has 3 rings (SSSR count). The Morgan fingerprint density at radius 2 is 0.750 bits per heavy atom. The van der Waals surface area contributed by atoms with Gasteiger partial charge in [-0.15, -0.1) is 0 Å². The minimum absolute atomic E-state index is 1.09. The Morgan fingerprint density at radius 1 is 0.500 bits per heavy atom. The molecule has 0 aromatic heterocycles. The molecule has 0 aliphatic heterocycles. The SMILES string of the molecule is Cc1cccc[c]1[Sb]([Cl])([Cl])([c]1ccccc1C)[c]1ccccc1C. The summed E-state index contributed by atoms with van der Waals surface area (Å²) in [7, 11) is 15.3. The third-order valence-corrected chi connectivity index (χ3v) is 23.5. The second-order valence-corrected chi connectivity index (χ2v) is 25.8. The van der Waals surface area contributed by atoms with E-state index in [2.05, 4.69) is 57.2 Å². The van der Waals surface area contributed by atoms with Crippen molar-refractivity contribution in [3.05, 3.63) is 89.5 Å². The predicted octanol–water partition coefficient (Wildman–Crippen LogP) is 4.51. The molecule has 0 aliphatic rings. The third-order valence-electron chi connectivity index (χ3n) is 4.62. The predicted molar refractivity (Wildman–Crippen MR) is 110 cm³/mol. The van der Waals surface area contributed by atoms with Gasteiger partial charge in [-0.1, -0.05) is 0 Å². The molecule has 0 nitrogen and oxygen atoms in total. The minimum atomic E-state index is -4.60. The van der Waals surface area contributed by atoms with E-state index >= 15 is 0 Å². The van der Waals surface area contributed by atoms with E-state index in [0.29, 0.717) is 0 Å². The second-order valence-electron chi connectivity index (χ2n) is 6.27. The Kier molecular flexibility index (Phi) is 4.77. The first-order valence-corrected chi connectivity index (χ1v) is 18.3. The Hall–Kier alpha value is -0.942. The quantitative estimate of drug-likeness (QED) is 0.499. The van der Waals surface area contributed by atoms with Gasteiger partial charge in [0, 0.05) is 0 Å². The molecule has 24 heavy (non-hydrogen) atoms. The summed E-state index contributed by atoms with van der Waals surface area (Å²) in [4.78, 5) is 0. The van der Waals surface area contributed by atoms with Crippen molar-refractivity contribution < 1.29 is 0 Å². The average molecular weight is 466 g/mol. The summed E-state index contributed by atoms with van der Waals surface area (Å²) in [5, 5.41) is 0. The molecule has 0 saturated carbocycles. The molecule has 0 heterocycles. The van der Waals surface area contributed by atoms with Crippen LogP contribution < -0.4 is 10.5 Å². The summed E-state index contributed by atoms with van der Waals surface area (Å²) in [6.07, 6.45) is 0. The fourth-order valence-electron chi connectivity index (χ4n) is 3.40. The molecule has 0 fully saturated rings. The van der Waals surface area contributed by atoms with Gasteiger partial charge in [0.25, 0.3) is 0 Å². The molecule has 0 unspecified atom stereocenters.